The van der Waals surface area contributed by atoms with Crippen molar-refractivity contribution < 1.29 is 18.6 Å². The monoisotopic (exact) mass is 314 g/mol. The molecular formula is C15H14N4O4. The number of aryl methyl sites for hydroxylation is 1. The molecule has 0 radical (unpaired) electrons. The Hall–Kier alpha value is -3.16. The van der Waals surface area contributed by atoms with Crippen LogP contribution >= 0.6 is 0 Å². The van der Waals surface area contributed by atoms with E-state index in [1.807, 2.05) is 30.3 Å². The van der Waals surface area contributed by atoms with Crippen LogP contribution in [0.25, 0.3) is 0 Å². The van der Waals surface area contributed by atoms with E-state index in [9.17, 15) is 4.79 Å². The van der Waals surface area contributed by atoms with Crippen molar-refractivity contribution in [3.8, 4) is 5.88 Å². The molecule has 0 aliphatic carbocycles. The summed E-state index contributed by atoms with van der Waals surface area (Å²) in [5.41, 5.74) is 0.994. The molecule has 8 nitrogen and oxygen atoms in total. The third kappa shape index (κ3) is 3.94. The molecule has 0 atom stereocenters. The van der Waals surface area contributed by atoms with Gasteiger partial charge in [0, 0.05) is 0 Å². The summed E-state index contributed by atoms with van der Waals surface area (Å²) in [6.07, 6.45) is 0. The van der Waals surface area contributed by atoms with Crippen LogP contribution < -0.4 is 10.1 Å². The Morgan fingerprint density at radius 1 is 1.22 bits per heavy atom. The van der Waals surface area contributed by atoms with Gasteiger partial charge in [0.15, 0.2) is 5.82 Å². The molecule has 8 heteroatoms. The minimum absolute atomic E-state index is 0.0456. The summed E-state index contributed by atoms with van der Waals surface area (Å²) >= 11 is 0. The van der Waals surface area contributed by atoms with Gasteiger partial charge in [-0.1, -0.05) is 35.5 Å². The molecule has 0 fully saturated rings. The lowest BCUT2D eigenvalue weighted by Crippen LogP contribution is -2.22. The van der Waals surface area contributed by atoms with E-state index in [2.05, 4.69) is 20.6 Å². The molecule has 118 valence electrons. The molecule has 23 heavy (non-hydrogen) atoms. The topological polar surface area (TPSA) is 103 Å². The average Bonchev–Trinajstić information content (AvgIpc) is 3.21. The van der Waals surface area contributed by atoms with Gasteiger partial charge in [-0.15, -0.1) is 0 Å². The minimum Gasteiger partial charge on any atom is -0.471 e. The largest absolute Gasteiger partial charge is 0.471 e. The van der Waals surface area contributed by atoms with Crippen molar-refractivity contribution in [2.24, 2.45) is 0 Å². The van der Waals surface area contributed by atoms with Crippen molar-refractivity contribution in [1.29, 1.82) is 0 Å². The molecule has 3 aromatic rings. The van der Waals surface area contributed by atoms with E-state index in [0.29, 0.717) is 18.3 Å². The fourth-order valence-electron chi connectivity index (χ4n) is 1.82. The molecule has 0 bridgehead atoms. The molecule has 0 saturated heterocycles. The molecule has 1 amide bonds. The van der Waals surface area contributed by atoms with Crippen molar-refractivity contribution in [2.75, 3.05) is 0 Å². The Labute approximate surface area is 131 Å². The van der Waals surface area contributed by atoms with Crippen LogP contribution in [-0.2, 0) is 13.2 Å². The van der Waals surface area contributed by atoms with Crippen molar-refractivity contribution in [3.63, 3.8) is 0 Å². The quantitative estimate of drug-likeness (QED) is 0.740. The van der Waals surface area contributed by atoms with Crippen LogP contribution in [0.15, 0.2) is 45.4 Å². The van der Waals surface area contributed by atoms with E-state index >= 15 is 0 Å². The van der Waals surface area contributed by atoms with Gasteiger partial charge in [-0.05, 0) is 17.6 Å². The van der Waals surface area contributed by atoms with Crippen LogP contribution in [0.4, 0.5) is 0 Å². The fourth-order valence-corrected chi connectivity index (χ4v) is 1.82. The maximum atomic E-state index is 11.9. The Kier molecular flexibility index (Phi) is 4.32. The molecule has 2 aromatic heterocycles. The number of carbonyl (C=O) groups is 1. The zero-order valence-corrected chi connectivity index (χ0v) is 12.4. The van der Waals surface area contributed by atoms with Crippen molar-refractivity contribution in [1.82, 2.24) is 20.6 Å². The number of rotatable bonds is 6. The Bertz CT molecular complexity index is 782. The number of amides is 1. The predicted octanol–water partition coefficient (Wildman–Crippen LogP) is 1.88. The van der Waals surface area contributed by atoms with Gasteiger partial charge in [0.05, 0.1) is 12.6 Å². The number of hydrogen-bond acceptors (Lipinski definition) is 7. The van der Waals surface area contributed by atoms with Gasteiger partial charge in [-0.25, -0.2) is 0 Å². The molecule has 0 unspecified atom stereocenters. The lowest BCUT2D eigenvalue weighted by atomic mass is 10.2. The molecule has 0 saturated carbocycles. The second kappa shape index (κ2) is 6.73. The van der Waals surface area contributed by atoms with Crippen LogP contribution in [0, 0.1) is 6.92 Å². The van der Waals surface area contributed by atoms with Gasteiger partial charge in [0.25, 0.3) is 11.8 Å². The highest BCUT2D eigenvalue weighted by Crippen LogP contribution is 2.13. The summed E-state index contributed by atoms with van der Waals surface area (Å²) in [6, 6.07) is 11.0. The Morgan fingerprint density at radius 2 is 2.04 bits per heavy atom. The smallest absolute Gasteiger partial charge is 0.290 e. The maximum Gasteiger partial charge on any atom is 0.290 e. The van der Waals surface area contributed by atoms with Gasteiger partial charge < -0.3 is 19.1 Å². The van der Waals surface area contributed by atoms with Gasteiger partial charge in [0.1, 0.15) is 6.61 Å². The number of benzene rings is 1. The fraction of sp³-hybridized carbons (Fsp3) is 0.200. The molecule has 0 spiro atoms. The van der Waals surface area contributed by atoms with E-state index in [1.54, 1.807) is 6.92 Å². The molecule has 1 aromatic carbocycles. The van der Waals surface area contributed by atoms with Gasteiger partial charge >= 0.3 is 0 Å². The second-order valence-corrected chi connectivity index (χ2v) is 4.72. The Balaban J connectivity index is 1.52. The SMILES string of the molecule is Cc1noc(CNC(=O)c2cc(OCc3ccccc3)no2)n1. The van der Waals surface area contributed by atoms with Crippen molar-refractivity contribution in [2.45, 2.75) is 20.1 Å². The van der Waals surface area contributed by atoms with Crippen LogP contribution in [-0.4, -0.2) is 21.2 Å². The van der Waals surface area contributed by atoms with Gasteiger partial charge in [-0.2, -0.15) is 4.98 Å². The first kappa shape index (κ1) is 14.8. The maximum absolute atomic E-state index is 11.9. The highest BCUT2D eigenvalue weighted by atomic mass is 16.5. The summed E-state index contributed by atoms with van der Waals surface area (Å²) in [6.45, 7) is 2.15. The number of nitrogens with one attached hydrogen (secondary N) is 1. The molecule has 0 aliphatic heterocycles. The first-order valence-corrected chi connectivity index (χ1v) is 6.91. The molecule has 0 aliphatic rings. The number of ether oxygens (including phenoxy) is 1. The summed E-state index contributed by atoms with van der Waals surface area (Å²) in [5.74, 6) is 0.668. The van der Waals surface area contributed by atoms with Gasteiger partial charge in [0.2, 0.25) is 11.7 Å². The minimum atomic E-state index is -0.442. The lowest BCUT2D eigenvalue weighted by molar-refractivity contribution is 0.0909. The zero-order valence-electron chi connectivity index (χ0n) is 12.4. The summed E-state index contributed by atoms with van der Waals surface area (Å²) in [4.78, 5) is 15.9. The zero-order chi connectivity index (χ0) is 16.1. The summed E-state index contributed by atoms with van der Waals surface area (Å²) < 4.78 is 15.3. The van der Waals surface area contributed by atoms with E-state index in [0.717, 1.165) is 5.56 Å². The van der Waals surface area contributed by atoms with E-state index in [4.69, 9.17) is 13.8 Å². The molecule has 3 rings (SSSR count). The van der Waals surface area contributed by atoms with Crippen molar-refractivity contribution in [3.05, 3.63) is 59.4 Å². The number of aromatic nitrogens is 3. The highest BCUT2D eigenvalue weighted by molar-refractivity contribution is 5.91. The Morgan fingerprint density at radius 3 is 2.78 bits per heavy atom. The predicted molar refractivity (Wildman–Crippen MR) is 77.5 cm³/mol. The lowest BCUT2D eigenvalue weighted by Gasteiger charge is -2.00. The van der Waals surface area contributed by atoms with E-state index < -0.39 is 5.91 Å². The second-order valence-electron chi connectivity index (χ2n) is 4.72. The standard InChI is InChI=1S/C15H14N4O4/c1-10-17-14(23-18-10)8-16-15(20)12-7-13(19-22-12)21-9-11-5-3-2-4-6-11/h2-7H,8-9H2,1H3,(H,16,20). The van der Waals surface area contributed by atoms with E-state index in [1.165, 1.54) is 6.07 Å². The number of hydrogen-bond donors (Lipinski definition) is 1. The average molecular weight is 314 g/mol. The molecule has 2 heterocycles. The summed E-state index contributed by atoms with van der Waals surface area (Å²) in [7, 11) is 0. The number of carbonyl (C=O) groups excluding carboxylic acids is 1. The third-order valence-corrected chi connectivity index (χ3v) is 2.91. The van der Waals surface area contributed by atoms with Crippen LogP contribution in [0.5, 0.6) is 5.88 Å². The first-order valence-electron chi connectivity index (χ1n) is 6.91. The summed E-state index contributed by atoms with van der Waals surface area (Å²) in [5, 5.41) is 9.92. The third-order valence-electron chi connectivity index (χ3n) is 2.91. The van der Waals surface area contributed by atoms with Crippen LogP contribution in [0.2, 0.25) is 0 Å². The first-order chi connectivity index (χ1) is 11.2. The number of nitrogens with zero attached hydrogens (tertiary/aromatic N) is 3. The van der Waals surface area contributed by atoms with E-state index in [-0.39, 0.29) is 18.2 Å². The highest BCUT2D eigenvalue weighted by Gasteiger charge is 2.15. The normalized spacial score (nSPS) is 10.5. The molecule has 1 N–H and O–H groups in total. The van der Waals surface area contributed by atoms with Gasteiger partial charge in [-0.3, -0.25) is 4.79 Å². The van der Waals surface area contributed by atoms with Crippen LogP contribution in [0.1, 0.15) is 27.8 Å². The molecular weight excluding hydrogens is 300 g/mol. The van der Waals surface area contributed by atoms with Crippen LogP contribution in [0.3, 0.4) is 0 Å². The van der Waals surface area contributed by atoms with Crippen molar-refractivity contribution >= 4 is 5.91 Å².